The summed E-state index contributed by atoms with van der Waals surface area (Å²) in [5.74, 6) is 1.21. The summed E-state index contributed by atoms with van der Waals surface area (Å²) in [5.41, 5.74) is 0.916. The molecule has 1 saturated heterocycles. The smallest absolute Gasteiger partial charge is 0.248 e. The van der Waals surface area contributed by atoms with Crippen LogP contribution in [0.3, 0.4) is 0 Å². The Kier molecular flexibility index (Phi) is 5.15. The number of nitrogens with zero attached hydrogens (tertiary/aromatic N) is 3. The lowest BCUT2D eigenvalue weighted by Gasteiger charge is -2.16. The SMILES string of the molecule is O=C(CCOc1cccc(F)c1)N1CC[C@@H](c2nnc(-c3ccsc3)o2)C1. The fraction of sp³-hybridized carbons (Fsp3) is 0.316. The second-order valence-electron chi connectivity index (χ2n) is 6.34. The van der Waals surface area contributed by atoms with E-state index in [0.717, 1.165) is 12.0 Å². The van der Waals surface area contributed by atoms with E-state index < -0.39 is 0 Å². The molecule has 0 radical (unpaired) electrons. The molecule has 27 heavy (non-hydrogen) atoms. The van der Waals surface area contributed by atoms with E-state index in [9.17, 15) is 9.18 Å². The standard InChI is InChI=1S/C19H18FN3O3S/c20-15-2-1-3-16(10-15)25-8-5-17(24)23-7-4-13(11-23)18-21-22-19(26-18)14-6-9-27-12-14/h1-3,6,9-10,12-13H,4-5,7-8,11H2/t13-/m1/s1. The third-order valence-electron chi connectivity index (χ3n) is 4.48. The average molecular weight is 387 g/mol. The zero-order chi connectivity index (χ0) is 18.6. The third kappa shape index (κ3) is 4.16. The highest BCUT2D eigenvalue weighted by atomic mass is 32.1. The molecule has 6 nitrogen and oxygen atoms in total. The molecule has 3 aromatic rings. The van der Waals surface area contributed by atoms with Crippen LogP contribution in [0.2, 0.25) is 0 Å². The van der Waals surface area contributed by atoms with Crippen LogP contribution in [-0.4, -0.2) is 40.7 Å². The molecule has 2 aromatic heterocycles. The van der Waals surface area contributed by atoms with Crippen LogP contribution < -0.4 is 4.74 Å². The van der Waals surface area contributed by atoms with Gasteiger partial charge in [0.25, 0.3) is 0 Å². The van der Waals surface area contributed by atoms with Gasteiger partial charge in [0, 0.05) is 30.1 Å². The number of hydrogen-bond donors (Lipinski definition) is 0. The number of halogens is 1. The maximum Gasteiger partial charge on any atom is 0.248 e. The number of carbonyl (C=O) groups excluding carboxylic acids is 1. The summed E-state index contributed by atoms with van der Waals surface area (Å²) in [7, 11) is 0. The van der Waals surface area contributed by atoms with E-state index in [2.05, 4.69) is 10.2 Å². The second kappa shape index (κ2) is 7.87. The third-order valence-corrected chi connectivity index (χ3v) is 5.16. The minimum absolute atomic E-state index is 0.00600. The first kappa shape index (κ1) is 17.7. The Labute approximate surface area is 159 Å². The van der Waals surface area contributed by atoms with Crippen molar-refractivity contribution in [2.24, 2.45) is 0 Å². The minimum atomic E-state index is -0.359. The van der Waals surface area contributed by atoms with Crippen LogP contribution >= 0.6 is 11.3 Å². The van der Waals surface area contributed by atoms with Crippen molar-refractivity contribution in [3.8, 4) is 17.2 Å². The number of hydrogen-bond acceptors (Lipinski definition) is 6. The monoisotopic (exact) mass is 387 g/mol. The van der Waals surface area contributed by atoms with Gasteiger partial charge in [-0.2, -0.15) is 11.3 Å². The van der Waals surface area contributed by atoms with Crippen LogP contribution in [0, 0.1) is 5.82 Å². The van der Waals surface area contributed by atoms with Crippen molar-refractivity contribution in [2.45, 2.75) is 18.8 Å². The molecule has 1 fully saturated rings. The van der Waals surface area contributed by atoms with Gasteiger partial charge in [0.05, 0.1) is 18.9 Å². The summed E-state index contributed by atoms with van der Waals surface area (Å²) >= 11 is 1.57. The van der Waals surface area contributed by atoms with E-state index in [4.69, 9.17) is 9.15 Å². The molecule has 4 rings (SSSR count). The summed E-state index contributed by atoms with van der Waals surface area (Å²) < 4.78 is 24.3. The van der Waals surface area contributed by atoms with Crippen LogP contribution in [0.5, 0.6) is 5.75 Å². The summed E-state index contributed by atoms with van der Waals surface area (Å²) in [5, 5.41) is 12.2. The predicted octanol–water partition coefficient (Wildman–Crippen LogP) is 3.72. The number of amides is 1. The van der Waals surface area contributed by atoms with Gasteiger partial charge in [-0.25, -0.2) is 4.39 Å². The molecule has 0 bridgehead atoms. The molecule has 0 aliphatic carbocycles. The minimum Gasteiger partial charge on any atom is -0.493 e. The highest BCUT2D eigenvalue weighted by molar-refractivity contribution is 7.08. The molecule has 0 saturated carbocycles. The molecule has 0 spiro atoms. The summed E-state index contributed by atoms with van der Waals surface area (Å²) in [4.78, 5) is 14.2. The van der Waals surface area contributed by atoms with Crippen molar-refractivity contribution >= 4 is 17.2 Å². The zero-order valence-corrected chi connectivity index (χ0v) is 15.3. The van der Waals surface area contributed by atoms with Gasteiger partial charge in [-0.3, -0.25) is 4.79 Å². The molecule has 0 unspecified atom stereocenters. The van der Waals surface area contributed by atoms with Gasteiger partial charge in [-0.1, -0.05) is 6.07 Å². The van der Waals surface area contributed by atoms with E-state index in [1.165, 1.54) is 12.1 Å². The first-order valence-corrected chi connectivity index (χ1v) is 9.65. The molecule has 1 atom stereocenters. The fourth-order valence-corrected chi connectivity index (χ4v) is 3.69. The number of thiophene rings is 1. The van der Waals surface area contributed by atoms with E-state index in [0.29, 0.717) is 30.6 Å². The van der Waals surface area contributed by atoms with Crippen molar-refractivity contribution in [3.63, 3.8) is 0 Å². The quantitative estimate of drug-likeness (QED) is 0.645. The largest absolute Gasteiger partial charge is 0.493 e. The Bertz CT molecular complexity index is 913. The molecule has 1 aliphatic heterocycles. The molecule has 1 aliphatic rings. The Balaban J connectivity index is 1.28. The predicted molar refractivity (Wildman–Crippen MR) is 98.1 cm³/mol. The van der Waals surface area contributed by atoms with Crippen LogP contribution in [0.4, 0.5) is 4.39 Å². The normalized spacial score (nSPS) is 16.6. The van der Waals surface area contributed by atoms with E-state index >= 15 is 0 Å². The Morgan fingerprint density at radius 1 is 1.37 bits per heavy atom. The highest BCUT2D eigenvalue weighted by Crippen LogP contribution is 2.29. The average Bonchev–Trinajstić information content (AvgIpc) is 3.41. The molecule has 1 amide bonds. The summed E-state index contributed by atoms with van der Waals surface area (Å²) in [6, 6.07) is 7.83. The molecular formula is C19H18FN3O3S. The number of rotatable bonds is 6. The molecule has 140 valence electrons. The number of likely N-dealkylation sites (tertiary alicyclic amines) is 1. The lowest BCUT2D eigenvalue weighted by Crippen LogP contribution is -2.29. The van der Waals surface area contributed by atoms with E-state index in [1.807, 2.05) is 16.8 Å². The topological polar surface area (TPSA) is 68.5 Å². The first-order chi connectivity index (χ1) is 13.2. The van der Waals surface area contributed by atoms with Crippen molar-refractivity contribution < 1.29 is 18.3 Å². The molecule has 0 N–H and O–H groups in total. The van der Waals surface area contributed by atoms with Crippen molar-refractivity contribution in [3.05, 3.63) is 52.8 Å². The van der Waals surface area contributed by atoms with Crippen molar-refractivity contribution in [2.75, 3.05) is 19.7 Å². The Morgan fingerprint density at radius 3 is 3.11 bits per heavy atom. The molecule has 3 heterocycles. The van der Waals surface area contributed by atoms with E-state index in [1.54, 1.807) is 28.4 Å². The van der Waals surface area contributed by atoms with Gasteiger partial charge < -0.3 is 14.1 Å². The Hall–Kier alpha value is -2.74. The second-order valence-corrected chi connectivity index (χ2v) is 7.12. The number of carbonyl (C=O) groups is 1. The van der Waals surface area contributed by atoms with Gasteiger partial charge in [0.15, 0.2) is 0 Å². The highest BCUT2D eigenvalue weighted by Gasteiger charge is 2.30. The van der Waals surface area contributed by atoms with Crippen LogP contribution in [0.25, 0.3) is 11.5 Å². The number of ether oxygens (including phenoxy) is 1. The van der Waals surface area contributed by atoms with Crippen LogP contribution in [0.15, 0.2) is 45.5 Å². The zero-order valence-electron chi connectivity index (χ0n) is 14.5. The van der Waals surface area contributed by atoms with Gasteiger partial charge in [0.2, 0.25) is 17.7 Å². The van der Waals surface area contributed by atoms with Crippen molar-refractivity contribution in [1.82, 2.24) is 15.1 Å². The molecule has 8 heteroatoms. The van der Waals surface area contributed by atoms with E-state index in [-0.39, 0.29) is 30.7 Å². The van der Waals surface area contributed by atoms with Gasteiger partial charge in [0.1, 0.15) is 11.6 Å². The van der Waals surface area contributed by atoms with Crippen LogP contribution in [-0.2, 0) is 4.79 Å². The summed E-state index contributed by atoms with van der Waals surface area (Å²) in [6.07, 6.45) is 1.04. The lowest BCUT2D eigenvalue weighted by atomic mass is 10.1. The lowest BCUT2D eigenvalue weighted by molar-refractivity contribution is -0.130. The fourth-order valence-electron chi connectivity index (χ4n) is 3.06. The van der Waals surface area contributed by atoms with Crippen LogP contribution in [0.1, 0.15) is 24.7 Å². The summed E-state index contributed by atoms with van der Waals surface area (Å²) in [6.45, 7) is 1.43. The maximum absolute atomic E-state index is 13.1. The van der Waals surface area contributed by atoms with Gasteiger partial charge >= 0.3 is 0 Å². The Morgan fingerprint density at radius 2 is 2.30 bits per heavy atom. The van der Waals surface area contributed by atoms with Crippen molar-refractivity contribution in [1.29, 1.82) is 0 Å². The number of aromatic nitrogens is 2. The van der Waals surface area contributed by atoms with Gasteiger partial charge in [-0.15, -0.1) is 10.2 Å². The maximum atomic E-state index is 13.1. The molecular weight excluding hydrogens is 369 g/mol. The number of benzene rings is 1. The van der Waals surface area contributed by atoms with Gasteiger partial charge in [-0.05, 0) is 30.0 Å². The molecule has 1 aromatic carbocycles. The first-order valence-electron chi connectivity index (χ1n) is 8.71.